The monoisotopic (exact) mass is 278 g/mol. The van der Waals surface area contributed by atoms with Gasteiger partial charge in [0.05, 0.1) is 23.5 Å². The van der Waals surface area contributed by atoms with Crippen molar-refractivity contribution >= 4 is 17.7 Å². The molecule has 0 aromatic heterocycles. The van der Waals surface area contributed by atoms with Gasteiger partial charge in [0, 0.05) is 18.5 Å². The normalized spacial score (nSPS) is 11.7. The molecule has 0 fully saturated rings. The van der Waals surface area contributed by atoms with E-state index in [0.29, 0.717) is 24.3 Å². The lowest BCUT2D eigenvalue weighted by atomic mass is 10.2. The van der Waals surface area contributed by atoms with Crippen LogP contribution in [0.15, 0.2) is 29.2 Å². The smallest absolute Gasteiger partial charge is 0.232 e. The van der Waals surface area contributed by atoms with Gasteiger partial charge < -0.3 is 10.0 Å². The number of amides is 1. The van der Waals surface area contributed by atoms with Gasteiger partial charge in [0.2, 0.25) is 5.91 Å². The lowest BCUT2D eigenvalue weighted by Crippen LogP contribution is -2.30. The highest BCUT2D eigenvalue weighted by atomic mass is 32.2. The van der Waals surface area contributed by atoms with E-state index in [1.165, 1.54) is 11.8 Å². The highest BCUT2D eigenvalue weighted by Gasteiger charge is 2.10. The first kappa shape index (κ1) is 15.5. The molecule has 0 spiro atoms. The van der Waals surface area contributed by atoms with Crippen LogP contribution in [0.1, 0.15) is 18.9 Å². The minimum Gasteiger partial charge on any atom is -0.393 e. The van der Waals surface area contributed by atoms with Gasteiger partial charge in [0.1, 0.15) is 0 Å². The van der Waals surface area contributed by atoms with Gasteiger partial charge in [-0.05, 0) is 37.6 Å². The summed E-state index contributed by atoms with van der Waals surface area (Å²) in [6.45, 7) is 2.27. The van der Waals surface area contributed by atoms with E-state index in [-0.39, 0.29) is 12.0 Å². The molecule has 0 radical (unpaired) electrons. The van der Waals surface area contributed by atoms with Gasteiger partial charge in [0.15, 0.2) is 0 Å². The van der Waals surface area contributed by atoms with E-state index in [0.717, 1.165) is 4.90 Å². The predicted octanol–water partition coefficient (Wildman–Crippen LogP) is 1.88. The maximum Gasteiger partial charge on any atom is 0.232 e. The summed E-state index contributed by atoms with van der Waals surface area (Å²) in [5, 5.41) is 17.9. The topological polar surface area (TPSA) is 64.3 Å². The minimum atomic E-state index is -0.388. The zero-order valence-electron chi connectivity index (χ0n) is 11.2. The van der Waals surface area contributed by atoms with Crippen LogP contribution in [-0.4, -0.2) is 41.4 Å². The lowest BCUT2D eigenvalue weighted by Gasteiger charge is -2.17. The number of thioether (sulfide) groups is 1. The van der Waals surface area contributed by atoms with Crippen molar-refractivity contribution in [3.8, 4) is 6.07 Å². The quantitative estimate of drug-likeness (QED) is 0.807. The molecule has 0 saturated carbocycles. The molecule has 0 aliphatic rings. The van der Waals surface area contributed by atoms with E-state index in [9.17, 15) is 9.90 Å². The second-order valence-electron chi connectivity index (χ2n) is 4.38. The van der Waals surface area contributed by atoms with Crippen LogP contribution in [0.25, 0.3) is 0 Å². The third kappa shape index (κ3) is 5.77. The first-order chi connectivity index (χ1) is 9.02. The molecule has 102 valence electrons. The zero-order valence-corrected chi connectivity index (χ0v) is 12.0. The fourth-order valence-corrected chi connectivity index (χ4v) is 2.23. The Kier molecular flexibility index (Phi) is 6.40. The molecule has 1 atom stereocenters. The second-order valence-corrected chi connectivity index (χ2v) is 5.43. The van der Waals surface area contributed by atoms with E-state index >= 15 is 0 Å². The number of rotatable bonds is 6. The summed E-state index contributed by atoms with van der Waals surface area (Å²) < 4.78 is 0. The Morgan fingerprint density at radius 1 is 1.47 bits per heavy atom. The molecule has 0 saturated heterocycles. The Labute approximate surface area is 118 Å². The van der Waals surface area contributed by atoms with E-state index in [4.69, 9.17) is 5.26 Å². The van der Waals surface area contributed by atoms with Gasteiger partial charge >= 0.3 is 0 Å². The van der Waals surface area contributed by atoms with Gasteiger partial charge in [-0.15, -0.1) is 11.8 Å². The fraction of sp³-hybridized carbons (Fsp3) is 0.429. The van der Waals surface area contributed by atoms with Crippen molar-refractivity contribution in [3.63, 3.8) is 0 Å². The van der Waals surface area contributed by atoms with Gasteiger partial charge in [-0.25, -0.2) is 0 Å². The average molecular weight is 278 g/mol. The standard InChI is InChI=1S/C14H18N2O2S/c1-11(17)7-8-16(2)14(18)10-19-13-5-3-12(9-15)4-6-13/h3-6,11,17H,7-8,10H2,1-2H3. The molecule has 5 heteroatoms. The molecule has 1 rings (SSSR count). The molecular formula is C14H18N2O2S. The Hall–Kier alpha value is -1.51. The van der Waals surface area contributed by atoms with Crippen LogP contribution in [0.3, 0.4) is 0 Å². The van der Waals surface area contributed by atoms with Crippen molar-refractivity contribution in [2.24, 2.45) is 0 Å². The maximum atomic E-state index is 11.8. The van der Waals surface area contributed by atoms with Gasteiger partial charge in [-0.2, -0.15) is 5.26 Å². The molecule has 1 amide bonds. The Morgan fingerprint density at radius 3 is 2.63 bits per heavy atom. The number of nitrogens with zero attached hydrogens (tertiary/aromatic N) is 2. The third-order valence-electron chi connectivity index (χ3n) is 2.65. The number of hydrogen-bond donors (Lipinski definition) is 1. The summed E-state index contributed by atoms with van der Waals surface area (Å²) >= 11 is 1.45. The third-order valence-corrected chi connectivity index (χ3v) is 3.65. The minimum absolute atomic E-state index is 0.0370. The molecule has 1 N–H and O–H groups in total. The number of aliphatic hydroxyl groups excluding tert-OH is 1. The SMILES string of the molecule is CC(O)CCN(C)C(=O)CSc1ccc(C#N)cc1. The number of hydrogen-bond acceptors (Lipinski definition) is 4. The molecular weight excluding hydrogens is 260 g/mol. The second kappa shape index (κ2) is 7.82. The van der Waals surface area contributed by atoms with Gasteiger partial charge in [0.25, 0.3) is 0 Å². The van der Waals surface area contributed by atoms with Crippen LogP contribution in [0.4, 0.5) is 0 Å². The van der Waals surface area contributed by atoms with E-state index in [2.05, 4.69) is 6.07 Å². The van der Waals surface area contributed by atoms with Crippen LogP contribution in [-0.2, 0) is 4.79 Å². The Morgan fingerprint density at radius 2 is 2.11 bits per heavy atom. The predicted molar refractivity (Wildman–Crippen MR) is 75.8 cm³/mol. The molecule has 0 aliphatic heterocycles. The van der Waals surface area contributed by atoms with E-state index < -0.39 is 0 Å². The van der Waals surface area contributed by atoms with Crippen LogP contribution in [0, 0.1) is 11.3 Å². The number of nitriles is 1. The molecule has 0 aliphatic carbocycles. The summed E-state index contributed by atoms with van der Waals surface area (Å²) in [6, 6.07) is 9.22. The molecule has 19 heavy (non-hydrogen) atoms. The molecule has 4 nitrogen and oxygen atoms in total. The highest BCUT2D eigenvalue weighted by molar-refractivity contribution is 8.00. The van der Waals surface area contributed by atoms with Crippen LogP contribution in [0.2, 0.25) is 0 Å². The van der Waals surface area contributed by atoms with Crippen molar-refractivity contribution in [1.82, 2.24) is 4.90 Å². The van der Waals surface area contributed by atoms with Crippen LogP contribution < -0.4 is 0 Å². The summed E-state index contributed by atoms with van der Waals surface area (Å²) in [5.74, 6) is 0.400. The summed E-state index contributed by atoms with van der Waals surface area (Å²) in [5.41, 5.74) is 0.615. The van der Waals surface area contributed by atoms with E-state index in [1.54, 1.807) is 31.0 Å². The molecule has 1 aromatic rings. The summed E-state index contributed by atoms with van der Waals surface area (Å²) in [4.78, 5) is 14.4. The van der Waals surface area contributed by atoms with Crippen molar-refractivity contribution < 1.29 is 9.90 Å². The van der Waals surface area contributed by atoms with Crippen molar-refractivity contribution in [3.05, 3.63) is 29.8 Å². The number of aliphatic hydroxyl groups is 1. The molecule has 1 aromatic carbocycles. The fourth-order valence-electron chi connectivity index (χ4n) is 1.39. The highest BCUT2D eigenvalue weighted by Crippen LogP contribution is 2.18. The zero-order chi connectivity index (χ0) is 14.3. The van der Waals surface area contributed by atoms with Gasteiger partial charge in [-0.1, -0.05) is 0 Å². The van der Waals surface area contributed by atoms with Crippen molar-refractivity contribution in [2.45, 2.75) is 24.3 Å². The maximum absolute atomic E-state index is 11.8. The summed E-state index contributed by atoms with van der Waals surface area (Å²) in [7, 11) is 1.74. The number of benzene rings is 1. The Bertz CT molecular complexity index is 452. The largest absolute Gasteiger partial charge is 0.393 e. The molecule has 1 unspecified atom stereocenters. The van der Waals surface area contributed by atoms with Crippen molar-refractivity contribution in [2.75, 3.05) is 19.3 Å². The first-order valence-electron chi connectivity index (χ1n) is 6.08. The number of carbonyl (C=O) groups excluding carboxylic acids is 1. The first-order valence-corrected chi connectivity index (χ1v) is 7.06. The average Bonchev–Trinajstić information content (AvgIpc) is 2.42. The number of carbonyl (C=O) groups is 1. The van der Waals surface area contributed by atoms with Gasteiger partial charge in [-0.3, -0.25) is 4.79 Å². The van der Waals surface area contributed by atoms with Crippen LogP contribution >= 0.6 is 11.8 Å². The lowest BCUT2D eigenvalue weighted by molar-refractivity contribution is -0.127. The summed E-state index contributed by atoms with van der Waals surface area (Å²) in [6.07, 6.45) is 0.200. The van der Waals surface area contributed by atoms with Crippen molar-refractivity contribution in [1.29, 1.82) is 5.26 Å². The van der Waals surface area contributed by atoms with Crippen LogP contribution in [0.5, 0.6) is 0 Å². The molecule has 0 heterocycles. The molecule has 0 bridgehead atoms. The van der Waals surface area contributed by atoms with E-state index in [1.807, 2.05) is 12.1 Å². The Balaban J connectivity index is 2.38.